The van der Waals surface area contributed by atoms with Gasteiger partial charge in [0, 0.05) is 29.4 Å². The molecule has 1 saturated carbocycles. The Kier molecular flexibility index (Phi) is 4.72. The molecule has 6 atom stereocenters. The summed E-state index contributed by atoms with van der Waals surface area (Å²) in [6, 6.07) is 10.3. The summed E-state index contributed by atoms with van der Waals surface area (Å²) in [5.74, 6) is -0.257. The zero-order valence-electron chi connectivity index (χ0n) is 17.3. The number of esters is 1. The van der Waals surface area contributed by atoms with Crippen molar-refractivity contribution in [3.63, 3.8) is 0 Å². The van der Waals surface area contributed by atoms with Crippen molar-refractivity contribution >= 4 is 17.7 Å². The molecule has 2 bridgehead atoms. The number of aliphatic hydroxyl groups is 1. The fourth-order valence-electron chi connectivity index (χ4n) is 5.84. The van der Waals surface area contributed by atoms with Gasteiger partial charge in [-0.25, -0.2) is 0 Å². The average molecular weight is 403 g/mol. The maximum atomic E-state index is 11.9. The molecule has 0 radical (unpaired) electrons. The number of carbonyl (C=O) groups is 1. The molecule has 1 aliphatic heterocycles. The standard InChI is InChI=1S/C23H30O4S/c1-14-11-12-18(26-15(2)24)22(5)19(28-16-9-7-6-8-10-16)13-17-20(25)23(14,22)27-21(17,3)4/h6-11,17-20,25H,12-13H2,1-5H3/t17-,18-,19+,20+,22-,23-/m0/s1. The summed E-state index contributed by atoms with van der Waals surface area (Å²) in [7, 11) is 0. The molecule has 2 fully saturated rings. The third-order valence-corrected chi connectivity index (χ3v) is 8.79. The van der Waals surface area contributed by atoms with Crippen LogP contribution in [0.2, 0.25) is 0 Å². The van der Waals surface area contributed by atoms with Crippen LogP contribution in [-0.2, 0) is 14.3 Å². The van der Waals surface area contributed by atoms with Crippen molar-refractivity contribution in [1.29, 1.82) is 0 Å². The van der Waals surface area contributed by atoms with Crippen LogP contribution in [0.15, 0.2) is 46.9 Å². The van der Waals surface area contributed by atoms with Crippen LogP contribution < -0.4 is 0 Å². The Morgan fingerprint density at radius 1 is 1.25 bits per heavy atom. The Bertz CT molecular complexity index is 804. The topological polar surface area (TPSA) is 55.8 Å². The SMILES string of the molecule is CC(=O)O[C@H]1CC=C(C)[C@@]23OC(C)(C)[C@@H](C[C@@H](Sc4ccccc4)[C@]12C)[C@H]3O. The van der Waals surface area contributed by atoms with Gasteiger partial charge in [0.1, 0.15) is 11.7 Å². The van der Waals surface area contributed by atoms with Gasteiger partial charge in [-0.1, -0.05) is 31.2 Å². The van der Waals surface area contributed by atoms with Crippen LogP contribution in [0.3, 0.4) is 0 Å². The smallest absolute Gasteiger partial charge is 0.302 e. The van der Waals surface area contributed by atoms with E-state index in [0.29, 0.717) is 6.42 Å². The Hall–Kier alpha value is -1.30. The minimum Gasteiger partial charge on any atom is -0.461 e. The number of benzene rings is 1. The lowest BCUT2D eigenvalue weighted by Gasteiger charge is -2.59. The summed E-state index contributed by atoms with van der Waals surface area (Å²) in [5.41, 5.74) is -0.772. The Morgan fingerprint density at radius 3 is 2.57 bits per heavy atom. The van der Waals surface area contributed by atoms with Crippen LogP contribution in [0.25, 0.3) is 0 Å². The summed E-state index contributed by atoms with van der Waals surface area (Å²) >= 11 is 1.82. The molecule has 152 valence electrons. The fraction of sp³-hybridized carbons (Fsp3) is 0.609. The molecule has 5 heteroatoms. The Morgan fingerprint density at radius 2 is 1.93 bits per heavy atom. The van der Waals surface area contributed by atoms with Gasteiger partial charge in [-0.3, -0.25) is 4.79 Å². The summed E-state index contributed by atoms with van der Waals surface area (Å²) < 4.78 is 12.6. The average Bonchev–Trinajstić information content (AvgIpc) is 2.78. The molecular weight excluding hydrogens is 372 g/mol. The lowest BCUT2D eigenvalue weighted by Crippen LogP contribution is -2.68. The van der Waals surface area contributed by atoms with Crippen LogP contribution in [0.5, 0.6) is 0 Å². The van der Waals surface area contributed by atoms with Crippen LogP contribution in [-0.4, -0.2) is 39.7 Å². The van der Waals surface area contributed by atoms with E-state index in [0.717, 1.165) is 12.0 Å². The number of hydrogen-bond donors (Lipinski definition) is 1. The summed E-state index contributed by atoms with van der Waals surface area (Å²) in [5, 5.41) is 11.6. The van der Waals surface area contributed by atoms with E-state index in [-0.39, 0.29) is 23.2 Å². The number of hydrogen-bond acceptors (Lipinski definition) is 5. The minimum absolute atomic E-state index is 0.0289. The van der Waals surface area contributed by atoms with E-state index >= 15 is 0 Å². The van der Waals surface area contributed by atoms with Gasteiger partial charge in [-0.15, -0.1) is 11.8 Å². The number of rotatable bonds is 3. The van der Waals surface area contributed by atoms with Crippen molar-refractivity contribution in [3.8, 4) is 0 Å². The van der Waals surface area contributed by atoms with Gasteiger partial charge < -0.3 is 14.6 Å². The first-order valence-electron chi connectivity index (χ1n) is 10.1. The first-order valence-corrected chi connectivity index (χ1v) is 11.0. The number of aliphatic hydroxyl groups excluding tert-OH is 1. The molecule has 1 heterocycles. The molecule has 0 amide bonds. The molecular formula is C23H30O4S. The lowest BCUT2D eigenvalue weighted by molar-refractivity contribution is -0.205. The van der Waals surface area contributed by atoms with Gasteiger partial charge in [0.25, 0.3) is 0 Å². The second-order valence-corrected chi connectivity index (χ2v) is 10.4. The fourth-order valence-corrected chi connectivity index (χ4v) is 7.36. The van der Waals surface area contributed by atoms with E-state index in [4.69, 9.17) is 9.47 Å². The zero-order chi connectivity index (χ0) is 20.3. The van der Waals surface area contributed by atoms with Gasteiger partial charge in [0.05, 0.1) is 17.1 Å². The van der Waals surface area contributed by atoms with Gasteiger partial charge in [0.15, 0.2) is 0 Å². The third-order valence-electron chi connectivity index (χ3n) is 7.27. The van der Waals surface area contributed by atoms with Crippen molar-refractivity contribution < 1.29 is 19.4 Å². The molecule has 1 N–H and O–H groups in total. The number of thioether (sulfide) groups is 1. The second kappa shape index (κ2) is 6.61. The van der Waals surface area contributed by atoms with Gasteiger partial charge in [0.2, 0.25) is 0 Å². The first-order chi connectivity index (χ1) is 13.1. The van der Waals surface area contributed by atoms with Crippen LogP contribution in [0.4, 0.5) is 0 Å². The molecule has 2 aliphatic carbocycles. The molecule has 1 saturated heterocycles. The van der Waals surface area contributed by atoms with E-state index in [1.807, 2.05) is 30.0 Å². The minimum atomic E-state index is -0.843. The molecule has 4 rings (SSSR count). The highest BCUT2D eigenvalue weighted by atomic mass is 32.2. The molecule has 4 nitrogen and oxygen atoms in total. The highest BCUT2D eigenvalue weighted by Gasteiger charge is 2.75. The first kappa shape index (κ1) is 20.0. The third kappa shape index (κ3) is 2.62. The van der Waals surface area contributed by atoms with Crippen LogP contribution in [0.1, 0.15) is 47.5 Å². The van der Waals surface area contributed by atoms with E-state index in [9.17, 15) is 9.90 Å². The van der Waals surface area contributed by atoms with Crippen molar-refractivity contribution in [2.24, 2.45) is 11.3 Å². The lowest BCUT2D eigenvalue weighted by atomic mass is 9.53. The number of carbonyl (C=O) groups excluding carboxylic acids is 1. The molecule has 0 aromatic heterocycles. The molecule has 3 aliphatic rings. The van der Waals surface area contributed by atoms with E-state index < -0.39 is 22.7 Å². The van der Waals surface area contributed by atoms with Crippen molar-refractivity contribution in [2.75, 3.05) is 0 Å². The predicted molar refractivity (Wildman–Crippen MR) is 110 cm³/mol. The Balaban J connectivity index is 1.86. The Labute approximate surface area is 171 Å². The highest BCUT2D eigenvalue weighted by molar-refractivity contribution is 8.00. The predicted octanol–water partition coefficient (Wildman–Crippen LogP) is 4.36. The van der Waals surface area contributed by atoms with Gasteiger partial charge >= 0.3 is 5.97 Å². The monoisotopic (exact) mass is 402 g/mol. The van der Waals surface area contributed by atoms with Crippen molar-refractivity contribution in [1.82, 2.24) is 0 Å². The summed E-state index contributed by atoms with van der Waals surface area (Å²) in [6.07, 6.45) is 2.61. The van der Waals surface area contributed by atoms with Crippen LogP contribution >= 0.6 is 11.8 Å². The van der Waals surface area contributed by atoms with Crippen LogP contribution in [0, 0.1) is 11.3 Å². The quantitative estimate of drug-likeness (QED) is 0.601. The molecule has 28 heavy (non-hydrogen) atoms. The summed E-state index contributed by atoms with van der Waals surface area (Å²) in [4.78, 5) is 13.1. The zero-order valence-corrected chi connectivity index (χ0v) is 18.1. The highest BCUT2D eigenvalue weighted by Crippen LogP contribution is 2.67. The van der Waals surface area contributed by atoms with Gasteiger partial charge in [-0.05, 0) is 44.9 Å². The normalized spacial score (nSPS) is 41.1. The van der Waals surface area contributed by atoms with Crippen molar-refractivity contribution in [3.05, 3.63) is 42.0 Å². The maximum absolute atomic E-state index is 11.9. The number of fused-ring (bicyclic) bond motifs is 1. The largest absolute Gasteiger partial charge is 0.461 e. The molecule has 1 spiro atoms. The van der Waals surface area contributed by atoms with E-state index in [1.54, 1.807) is 0 Å². The second-order valence-electron chi connectivity index (χ2n) is 9.15. The number of ether oxygens (including phenoxy) is 2. The molecule has 1 aromatic rings. The molecule has 1 aromatic carbocycles. The molecule has 0 unspecified atom stereocenters. The van der Waals surface area contributed by atoms with E-state index in [2.05, 4.69) is 45.9 Å². The van der Waals surface area contributed by atoms with E-state index in [1.165, 1.54) is 11.8 Å². The van der Waals surface area contributed by atoms with Crippen molar-refractivity contribution in [2.45, 2.75) is 81.0 Å². The maximum Gasteiger partial charge on any atom is 0.302 e. The van der Waals surface area contributed by atoms with Gasteiger partial charge in [-0.2, -0.15) is 0 Å². The summed E-state index contributed by atoms with van der Waals surface area (Å²) in [6.45, 7) is 9.82.